The average molecular weight is 194 g/mol. The van der Waals surface area contributed by atoms with Crippen molar-refractivity contribution >= 4 is 11.7 Å². The lowest BCUT2D eigenvalue weighted by atomic mass is 10.2. The van der Waals surface area contributed by atoms with Gasteiger partial charge in [0.1, 0.15) is 5.75 Å². The molecule has 0 radical (unpaired) electrons. The quantitative estimate of drug-likeness (QED) is 0.670. The number of carbonyl (C=O) groups is 1. The van der Waals surface area contributed by atoms with E-state index < -0.39 is 0 Å². The predicted octanol–water partition coefficient (Wildman–Crippen LogP) is 1.79. The monoisotopic (exact) mass is 194 g/mol. The average Bonchev–Trinajstić information content (AvgIpc) is 2.12. The van der Waals surface area contributed by atoms with Crippen LogP contribution in [-0.2, 0) is 0 Å². The van der Waals surface area contributed by atoms with Crippen LogP contribution in [0.4, 0.5) is 10.5 Å². The van der Waals surface area contributed by atoms with Gasteiger partial charge in [-0.25, -0.2) is 4.79 Å². The predicted molar refractivity (Wildman–Crippen MR) is 55.5 cm³/mol. The van der Waals surface area contributed by atoms with E-state index in [1.54, 1.807) is 39.2 Å². The number of carbonyl (C=O) groups excluding carboxylic acids is 1. The number of phenols is 1. The molecule has 0 fully saturated rings. The van der Waals surface area contributed by atoms with Crippen molar-refractivity contribution in [1.82, 2.24) is 4.90 Å². The molecular weight excluding hydrogens is 180 g/mol. The molecule has 4 heteroatoms. The van der Waals surface area contributed by atoms with Crippen LogP contribution in [0.2, 0.25) is 0 Å². The molecule has 4 nitrogen and oxygen atoms in total. The fraction of sp³-hybridized carbons (Fsp3) is 0.300. The molecule has 1 aromatic rings. The Morgan fingerprint density at radius 2 is 2.07 bits per heavy atom. The van der Waals surface area contributed by atoms with Crippen LogP contribution in [0.25, 0.3) is 0 Å². The molecule has 2 N–H and O–H groups in total. The number of hydrogen-bond donors (Lipinski definition) is 2. The number of aryl methyl sites for hydroxylation is 1. The summed E-state index contributed by atoms with van der Waals surface area (Å²) in [6, 6.07) is 4.95. The summed E-state index contributed by atoms with van der Waals surface area (Å²) in [5.74, 6) is 0.114. The molecule has 1 rings (SSSR count). The van der Waals surface area contributed by atoms with Crippen molar-refractivity contribution in [2.45, 2.75) is 6.92 Å². The topological polar surface area (TPSA) is 52.6 Å². The van der Waals surface area contributed by atoms with Crippen molar-refractivity contribution in [1.29, 1.82) is 0 Å². The summed E-state index contributed by atoms with van der Waals surface area (Å²) in [5, 5.41) is 12.2. The lowest BCUT2D eigenvalue weighted by Crippen LogP contribution is -2.27. The van der Waals surface area contributed by atoms with Crippen molar-refractivity contribution in [3.63, 3.8) is 0 Å². The number of anilines is 1. The van der Waals surface area contributed by atoms with Gasteiger partial charge >= 0.3 is 6.03 Å². The van der Waals surface area contributed by atoms with Gasteiger partial charge in [-0.15, -0.1) is 0 Å². The molecule has 0 aliphatic heterocycles. The van der Waals surface area contributed by atoms with Gasteiger partial charge in [-0.05, 0) is 18.6 Å². The minimum Gasteiger partial charge on any atom is -0.505 e. The van der Waals surface area contributed by atoms with Crippen molar-refractivity contribution in [2.24, 2.45) is 0 Å². The normalized spacial score (nSPS) is 9.64. The molecule has 0 aliphatic carbocycles. The van der Waals surface area contributed by atoms with Crippen LogP contribution in [-0.4, -0.2) is 30.1 Å². The molecule has 0 aromatic heterocycles. The Morgan fingerprint density at radius 1 is 1.43 bits per heavy atom. The third-order valence-corrected chi connectivity index (χ3v) is 1.89. The maximum Gasteiger partial charge on any atom is 0.321 e. The lowest BCUT2D eigenvalue weighted by Gasteiger charge is -2.13. The molecule has 14 heavy (non-hydrogen) atoms. The van der Waals surface area contributed by atoms with Crippen LogP contribution >= 0.6 is 0 Å². The summed E-state index contributed by atoms with van der Waals surface area (Å²) in [7, 11) is 3.28. The Hall–Kier alpha value is -1.71. The maximum atomic E-state index is 11.3. The molecule has 0 saturated carbocycles. The Bertz CT molecular complexity index is 348. The van der Waals surface area contributed by atoms with Gasteiger partial charge in [0.15, 0.2) is 0 Å². The van der Waals surface area contributed by atoms with E-state index >= 15 is 0 Å². The first-order valence-electron chi connectivity index (χ1n) is 4.29. The van der Waals surface area contributed by atoms with Crippen molar-refractivity contribution in [3.8, 4) is 5.75 Å². The summed E-state index contributed by atoms with van der Waals surface area (Å²) in [6.07, 6.45) is 0. The van der Waals surface area contributed by atoms with E-state index in [1.165, 1.54) is 4.90 Å². The molecule has 1 aromatic carbocycles. The van der Waals surface area contributed by atoms with Crippen molar-refractivity contribution in [2.75, 3.05) is 19.4 Å². The highest BCUT2D eigenvalue weighted by molar-refractivity contribution is 5.90. The van der Waals surface area contributed by atoms with Crippen molar-refractivity contribution in [3.05, 3.63) is 23.8 Å². The van der Waals surface area contributed by atoms with Crippen LogP contribution in [0.1, 0.15) is 5.56 Å². The molecule has 0 atom stereocenters. The summed E-state index contributed by atoms with van der Waals surface area (Å²) < 4.78 is 0. The highest BCUT2D eigenvalue weighted by Crippen LogP contribution is 2.26. The van der Waals surface area contributed by atoms with Crippen LogP contribution < -0.4 is 5.32 Å². The van der Waals surface area contributed by atoms with Gasteiger partial charge in [-0.3, -0.25) is 0 Å². The Kier molecular flexibility index (Phi) is 2.96. The Morgan fingerprint density at radius 3 is 2.64 bits per heavy atom. The molecule has 0 heterocycles. The van der Waals surface area contributed by atoms with Crippen LogP contribution in [0.3, 0.4) is 0 Å². The molecule has 0 unspecified atom stereocenters. The number of urea groups is 1. The smallest absolute Gasteiger partial charge is 0.321 e. The van der Waals surface area contributed by atoms with Gasteiger partial charge in [0.2, 0.25) is 0 Å². The zero-order valence-electron chi connectivity index (χ0n) is 8.53. The summed E-state index contributed by atoms with van der Waals surface area (Å²) in [4.78, 5) is 12.7. The van der Waals surface area contributed by atoms with Gasteiger partial charge in [-0.2, -0.15) is 0 Å². The van der Waals surface area contributed by atoms with Crippen LogP contribution in [0, 0.1) is 6.92 Å². The summed E-state index contributed by atoms with van der Waals surface area (Å²) >= 11 is 0. The van der Waals surface area contributed by atoms with E-state index in [9.17, 15) is 9.90 Å². The number of aromatic hydroxyl groups is 1. The first kappa shape index (κ1) is 10.4. The fourth-order valence-corrected chi connectivity index (χ4v) is 0.987. The number of para-hydroxylation sites is 1. The minimum atomic E-state index is -0.258. The van der Waals surface area contributed by atoms with E-state index in [0.29, 0.717) is 5.69 Å². The number of phenolic OH excluding ortho intramolecular Hbond substituents is 1. The summed E-state index contributed by atoms with van der Waals surface area (Å²) in [5.41, 5.74) is 1.17. The lowest BCUT2D eigenvalue weighted by molar-refractivity contribution is 0.230. The van der Waals surface area contributed by atoms with Gasteiger partial charge in [0, 0.05) is 14.1 Å². The number of amides is 2. The molecule has 0 saturated heterocycles. The number of nitrogens with zero attached hydrogens (tertiary/aromatic N) is 1. The van der Waals surface area contributed by atoms with Crippen LogP contribution in [0.5, 0.6) is 5.75 Å². The molecule has 76 valence electrons. The number of rotatable bonds is 1. The summed E-state index contributed by atoms with van der Waals surface area (Å²) in [6.45, 7) is 1.78. The zero-order chi connectivity index (χ0) is 10.7. The van der Waals surface area contributed by atoms with E-state index in [2.05, 4.69) is 5.32 Å². The fourth-order valence-electron chi connectivity index (χ4n) is 0.987. The van der Waals surface area contributed by atoms with Gasteiger partial charge in [-0.1, -0.05) is 12.1 Å². The van der Waals surface area contributed by atoms with E-state index in [1.807, 2.05) is 0 Å². The Balaban J connectivity index is 2.87. The second kappa shape index (κ2) is 4.00. The minimum absolute atomic E-state index is 0.114. The Labute approximate surface area is 83.2 Å². The van der Waals surface area contributed by atoms with E-state index in [-0.39, 0.29) is 11.8 Å². The maximum absolute atomic E-state index is 11.3. The third kappa shape index (κ3) is 2.16. The third-order valence-electron chi connectivity index (χ3n) is 1.89. The number of hydrogen-bond acceptors (Lipinski definition) is 2. The first-order chi connectivity index (χ1) is 6.52. The number of nitrogens with one attached hydrogen (secondary N) is 1. The molecule has 2 amide bonds. The SMILES string of the molecule is Cc1cccc(NC(=O)N(C)C)c1O. The highest BCUT2D eigenvalue weighted by atomic mass is 16.3. The van der Waals surface area contributed by atoms with Gasteiger partial charge in [0.25, 0.3) is 0 Å². The van der Waals surface area contributed by atoms with E-state index in [0.717, 1.165) is 5.56 Å². The van der Waals surface area contributed by atoms with Gasteiger partial charge < -0.3 is 15.3 Å². The second-order valence-electron chi connectivity index (χ2n) is 3.30. The van der Waals surface area contributed by atoms with Gasteiger partial charge in [0.05, 0.1) is 5.69 Å². The van der Waals surface area contributed by atoms with Crippen LogP contribution in [0.15, 0.2) is 18.2 Å². The van der Waals surface area contributed by atoms with E-state index in [4.69, 9.17) is 0 Å². The molecular formula is C10H14N2O2. The largest absolute Gasteiger partial charge is 0.505 e. The zero-order valence-corrected chi connectivity index (χ0v) is 8.53. The molecule has 0 bridgehead atoms. The first-order valence-corrected chi connectivity index (χ1v) is 4.29. The standard InChI is InChI=1S/C10H14N2O2/c1-7-5-4-6-8(9(7)13)11-10(14)12(2)3/h4-6,13H,1-3H3,(H,11,14). The molecule has 0 aliphatic rings. The highest BCUT2D eigenvalue weighted by Gasteiger charge is 2.08. The molecule has 0 spiro atoms. The number of benzene rings is 1. The van der Waals surface area contributed by atoms with Crippen molar-refractivity contribution < 1.29 is 9.90 Å². The second-order valence-corrected chi connectivity index (χ2v) is 3.30.